The predicted octanol–water partition coefficient (Wildman–Crippen LogP) is 3.04. The van der Waals surface area contributed by atoms with Crippen molar-refractivity contribution >= 4 is 15.7 Å². The monoisotopic (exact) mass is 388 g/mol. The first-order valence-corrected chi connectivity index (χ1v) is 10.5. The SMILES string of the molecule is Cc1ccc(S(=O)(=O)Cc2ccc(C(=O)NCC(C)(C)N(C)C)cc2)cc1. The van der Waals surface area contributed by atoms with Crippen LogP contribution in [0.2, 0.25) is 0 Å². The molecule has 0 aliphatic rings. The van der Waals surface area contributed by atoms with E-state index in [0.717, 1.165) is 5.56 Å². The number of nitrogens with zero attached hydrogens (tertiary/aromatic N) is 1. The Kier molecular flexibility index (Phi) is 6.44. The highest BCUT2D eigenvalue weighted by Gasteiger charge is 2.21. The average molecular weight is 389 g/mol. The standard InChI is InChI=1S/C21H28N2O3S/c1-16-6-12-19(13-7-16)27(25,26)14-17-8-10-18(11-9-17)20(24)22-15-21(2,3)23(4)5/h6-13H,14-15H2,1-5H3,(H,22,24). The highest BCUT2D eigenvalue weighted by atomic mass is 32.2. The van der Waals surface area contributed by atoms with Gasteiger partial charge in [-0.05, 0) is 64.7 Å². The molecule has 0 spiro atoms. The molecule has 0 saturated heterocycles. The van der Waals surface area contributed by atoms with Crippen molar-refractivity contribution in [3.05, 3.63) is 65.2 Å². The maximum Gasteiger partial charge on any atom is 0.251 e. The van der Waals surface area contributed by atoms with Crippen LogP contribution in [0.5, 0.6) is 0 Å². The molecule has 0 bridgehead atoms. The number of amides is 1. The summed E-state index contributed by atoms with van der Waals surface area (Å²) in [5, 5.41) is 2.92. The Hall–Kier alpha value is -2.18. The van der Waals surface area contributed by atoms with Crippen LogP contribution in [0.1, 0.15) is 35.3 Å². The number of hydrogen-bond donors (Lipinski definition) is 1. The second-order valence-corrected chi connectivity index (χ2v) is 9.65. The van der Waals surface area contributed by atoms with Crippen LogP contribution in [0.3, 0.4) is 0 Å². The number of benzene rings is 2. The Labute approximate surface area is 162 Å². The molecule has 5 nitrogen and oxygen atoms in total. The zero-order valence-corrected chi connectivity index (χ0v) is 17.4. The molecule has 0 aliphatic heterocycles. The Morgan fingerprint density at radius 3 is 2.07 bits per heavy atom. The molecule has 0 aromatic heterocycles. The lowest BCUT2D eigenvalue weighted by atomic mass is 10.0. The lowest BCUT2D eigenvalue weighted by molar-refractivity contribution is 0.0919. The van der Waals surface area contributed by atoms with Gasteiger partial charge in [-0.25, -0.2) is 8.42 Å². The lowest BCUT2D eigenvalue weighted by Gasteiger charge is -2.32. The minimum absolute atomic E-state index is 0.0916. The Balaban J connectivity index is 2.04. The maximum atomic E-state index is 12.5. The van der Waals surface area contributed by atoms with E-state index in [4.69, 9.17) is 0 Å². The van der Waals surface area contributed by atoms with Gasteiger partial charge in [0.05, 0.1) is 10.6 Å². The molecule has 0 aliphatic carbocycles. The van der Waals surface area contributed by atoms with Crippen LogP contribution < -0.4 is 5.32 Å². The van der Waals surface area contributed by atoms with Crippen molar-refractivity contribution in [2.75, 3.05) is 20.6 Å². The van der Waals surface area contributed by atoms with Crippen molar-refractivity contribution < 1.29 is 13.2 Å². The molecule has 0 fully saturated rings. The van der Waals surface area contributed by atoms with Gasteiger partial charge in [0, 0.05) is 17.6 Å². The third kappa shape index (κ3) is 5.65. The normalized spacial score (nSPS) is 12.2. The zero-order chi connectivity index (χ0) is 20.2. The van der Waals surface area contributed by atoms with Crippen molar-refractivity contribution in [3.63, 3.8) is 0 Å². The van der Waals surface area contributed by atoms with Gasteiger partial charge in [0.15, 0.2) is 9.84 Å². The number of hydrogen-bond acceptors (Lipinski definition) is 4. The molecule has 27 heavy (non-hydrogen) atoms. The molecule has 1 N–H and O–H groups in total. The quantitative estimate of drug-likeness (QED) is 0.792. The van der Waals surface area contributed by atoms with E-state index >= 15 is 0 Å². The van der Waals surface area contributed by atoms with Crippen molar-refractivity contribution in [1.29, 1.82) is 0 Å². The molecule has 0 saturated carbocycles. The molecule has 0 unspecified atom stereocenters. The third-order valence-electron chi connectivity index (χ3n) is 4.85. The molecule has 6 heteroatoms. The van der Waals surface area contributed by atoms with Gasteiger partial charge in [-0.15, -0.1) is 0 Å². The third-order valence-corrected chi connectivity index (χ3v) is 6.55. The maximum absolute atomic E-state index is 12.5. The van der Waals surface area contributed by atoms with Crippen LogP contribution in [-0.4, -0.2) is 45.4 Å². The number of aryl methyl sites for hydroxylation is 1. The van der Waals surface area contributed by atoms with Crippen LogP contribution >= 0.6 is 0 Å². The molecule has 0 atom stereocenters. The van der Waals surface area contributed by atoms with Crippen LogP contribution in [0.15, 0.2) is 53.4 Å². The minimum atomic E-state index is -3.41. The minimum Gasteiger partial charge on any atom is -0.350 e. The number of sulfone groups is 1. The van der Waals surface area contributed by atoms with Gasteiger partial charge in [-0.1, -0.05) is 29.8 Å². The molecule has 2 aromatic rings. The Morgan fingerprint density at radius 1 is 1.00 bits per heavy atom. The molecule has 1 amide bonds. The summed E-state index contributed by atoms with van der Waals surface area (Å²) in [6.45, 7) is 6.53. The average Bonchev–Trinajstić information content (AvgIpc) is 2.60. The molecule has 0 radical (unpaired) electrons. The topological polar surface area (TPSA) is 66.5 Å². The summed E-state index contributed by atoms with van der Waals surface area (Å²) in [7, 11) is 0.527. The fraction of sp³-hybridized carbons (Fsp3) is 0.381. The number of nitrogens with one attached hydrogen (secondary N) is 1. The van der Waals surface area contributed by atoms with Gasteiger partial charge in [0.2, 0.25) is 0 Å². The van der Waals surface area contributed by atoms with E-state index in [1.807, 2.05) is 39.8 Å². The Morgan fingerprint density at radius 2 is 1.56 bits per heavy atom. The van der Waals surface area contributed by atoms with E-state index < -0.39 is 9.84 Å². The zero-order valence-electron chi connectivity index (χ0n) is 16.6. The summed E-state index contributed by atoms with van der Waals surface area (Å²) in [6.07, 6.45) is 0. The smallest absolute Gasteiger partial charge is 0.251 e. The molecule has 2 rings (SSSR count). The molecular weight excluding hydrogens is 360 g/mol. The second kappa shape index (κ2) is 8.23. The first-order valence-electron chi connectivity index (χ1n) is 8.85. The van der Waals surface area contributed by atoms with Crippen molar-refractivity contribution in [1.82, 2.24) is 10.2 Å². The van der Waals surface area contributed by atoms with E-state index in [0.29, 0.717) is 22.6 Å². The first-order chi connectivity index (χ1) is 12.5. The van der Waals surface area contributed by atoms with Crippen LogP contribution in [0, 0.1) is 6.92 Å². The summed E-state index contributed by atoms with van der Waals surface area (Å²) in [6, 6.07) is 13.5. The number of rotatable bonds is 7. The van der Waals surface area contributed by atoms with E-state index in [1.165, 1.54) is 0 Å². The Bertz CT molecular complexity index is 884. The van der Waals surface area contributed by atoms with Crippen molar-refractivity contribution in [2.45, 2.75) is 37.0 Å². The second-order valence-electron chi connectivity index (χ2n) is 7.66. The van der Waals surface area contributed by atoms with Crippen molar-refractivity contribution in [3.8, 4) is 0 Å². The van der Waals surface area contributed by atoms with Gasteiger partial charge in [0.1, 0.15) is 0 Å². The number of carbonyl (C=O) groups is 1. The van der Waals surface area contributed by atoms with Gasteiger partial charge in [-0.3, -0.25) is 4.79 Å². The highest BCUT2D eigenvalue weighted by molar-refractivity contribution is 7.90. The molecule has 2 aromatic carbocycles. The lowest BCUT2D eigenvalue weighted by Crippen LogP contribution is -2.48. The van der Waals surface area contributed by atoms with Gasteiger partial charge in [-0.2, -0.15) is 0 Å². The van der Waals surface area contributed by atoms with Crippen molar-refractivity contribution in [2.24, 2.45) is 0 Å². The van der Waals surface area contributed by atoms with E-state index in [1.54, 1.807) is 48.5 Å². The summed E-state index contributed by atoms with van der Waals surface area (Å²) in [5.41, 5.74) is 2.03. The van der Waals surface area contributed by atoms with E-state index in [2.05, 4.69) is 5.32 Å². The van der Waals surface area contributed by atoms with Crippen LogP contribution in [0.4, 0.5) is 0 Å². The predicted molar refractivity (Wildman–Crippen MR) is 109 cm³/mol. The fourth-order valence-corrected chi connectivity index (χ4v) is 3.71. The number of likely N-dealkylation sites (N-methyl/N-ethyl adjacent to an activating group) is 1. The summed E-state index contributed by atoms with van der Waals surface area (Å²) < 4.78 is 25.0. The van der Waals surface area contributed by atoms with E-state index in [9.17, 15) is 13.2 Å². The van der Waals surface area contributed by atoms with Gasteiger partial charge >= 0.3 is 0 Å². The largest absolute Gasteiger partial charge is 0.350 e. The van der Waals surface area contributed by atoms with Crippen LogP contribution in [0.25, 0.3) is 0 Å². The summed E-state index contributed by atoms with van der Waals surface area (Å²) in [5.74, 6) is -0.260. The molecule has 146 valence electrons. The van der Waals surface area contributed by atoms with Gasteiger partial charge in [0.25, 0.3) is 5.91 Å². The molecule has 0 heterocycles. The summed E-state index contributed by atoms with van der Waals surface area (Å²) in [4.78, 5) is 14.7. The van der Waals surface area contributed by atoms with E-state index in [-0.39, 0.29) is 17.2 Å². The fourth-order valence-electron chi connectivity index (χ4n) is 2.36. The van der Waals surface area contributed by atoms with Crippen LogP contribution in [-0.2, 0) is 15.6 Å². The number of carbonyl (C=O) groups excluding carboxylic acids is 1. The highest BCUT2D eigenvalue weighted by Crippen LogP contribution is 2.18. The first kappa shape index (κ1) is 21.1. The molecular formula is C21H28N2O3S. The van der Waals surface area contributed by atoms with Gasteiger partial charge < -0.3 is 10.2 Å². The summed E-state index contributed by atoms with van der Waals surface area (Å²) >= 11 is 0.